The van der Waals surface area contributed by atoms with Gasteiger partial charge in [-0.2, -0.15) is 0 Å². The highest BCUT2D eigenvalue weighted by Gasteiger charge is 2.10. The average Bonchev–Trinajstić information content (AvgIpc) is 2.74. The van der Waals surface area contributed by atoms with Crippen molar-refractivity contribution in [2.24, 2.45) is 0 Å². The molecule has 8 nitrogen and oxygen atoms in total. The number of ether oxygens (including phenoxy) is 1. The average molecular weight is 503 g/mol. The van der Waals surface area contributed by atoms with Crippen molar-refractivity contribution in [1.29, 1.82) is 0 Å². The van der Waals surface area contributed by atoms with Crippen LogP contribution in [0.4, 0.5) is 17.1 Å². The quantitative estimate of drug-likeness (QED) is 0.328. The maximum absolute atomic E-state index is 11.1. The molecule has 0 aromatic carbocycles. The van der Waals surface area contributed by atoms with Gasteiger partial charge in [-0.1, -0.05) is 0 Å². The molecule has 0 radical (unpaired) electrons. The minimum atomic E-state index is -0.439. The Balaban J connectivity index is 0.000000245. The fourth-order valence-electron chi connectivity index (χ4n) is 2.55. The van der Waals surface area contributed by atoms with Crippen molar-refractivity contribution in [3.63, 3.8) is 0 Å². The molecule has 0 aliphatic heterocycles. The van der Waals surface area contributed by atoms with E-state index in [0.29, 0.717) is 17.1 Å². The molecule has 0 aliphatic carbocycles. The summed E-state index contributed by atoms with van der Waals surface area (Å²) in [6, 6.07) is 5.43. The molecular weight excluding hydrogens is 472 g/mol. The van der Waals surface area contributed by atoms with E-state index in [1.54, 1.807) is 19.2 Å². The van der Waals surface area contributed by atoms with Gasteiger partial charge in [0.15, 0.2) is 0 Å². The maximum Gasteiger partial charge on any atom is 0.356 e. The smallest absolute Gasteiger partial charge is 0.356 e. The predicted molar refractivity (Wildman–Crippen MR) is 133 cm³/mol. The van der Waals surface area contributed by atoms with Gasteiger partial charge in [0.2, 0.25) is 0 Å². The van der Waals surface area contributed by atoms with E-state index in [2.05, 4.69) is 35.6 Å². The molecule has 0 spiro atoms. The van der Waals surface area contributed by atoms with Gasteiger partial charge in [-0.25, -0.2) is 14.8 Å². The van der Waals surface area contributed by atoms with Crippen molar-refractivity contribution in [2.75, 3.05) is 24.3 Å². The number of rotatable bonds is 1. The van der Waals surface area contributed by atoms with Crippen molar-refractivity contribution >= 4 is 39.0 Å². The van der Waals surface area contributed by atoms with Gasteiger partial charge < -0.3 is 21.9 Å². The third-order valence-electron chi connectivity index (χ3n) is 4.68. The monoisotopic (exact) mass is 502 g/mol. The van der Waals surface area contributed by atoms with E-state index in [-0.39, 0.29) is 0 Å². The summed E-state index contributed by atoms with van der Waals surface area (Å²) in [6.45, 7) is 11.3. The van der Waals surface area contributed by atoms with Gasteiger partial charge in [-0.3, -0.25) is 4.98 Å². The second-order valence-electron chi connectivity index (χ2n) is 7.20. The number of esters is 1. The summed E-state index contributed by atoms with van der Waals surface area (Å²) in [4.78, 5) is 23.2. The first-order chi connectivity index (χ1) is 14.9. The Morgan fingerprint density at radius 3 is 1.75 bits per heavy atom. The number of nitrogen functional groups attached to an aromatic ring is 3. The first-order valence-electron chi connectivity index (χ1n) is 9.77. The van der Waals surface area contributed by atoms with Crippen LogP contribution < -0.4 is 17.2 Å². The van der Waals surface area contributed by atoms with E-state index in [9.17, 15) is 4.79 Å². The molecule has 0 unspecified atom stereocenters. The van der Waals surface area contributed by atoms with Gasteiger partial charge in [0.05, 0.1) is 41.3 Å². The van der Waals surface area contributed by atoms with Crippen molar-refractivity contribution in [3.8, 4) is 0 Å². The number of methoxy groups -OCH3 is 1. The lowest BCUT2D eigenvalue weighted by molar-refractivity contribution is 0.0593. The lowest BCUT2D eigenvalue weighted by Gasteiger charge is -2.05. The van der Waals surface area contributed by atoms with Gasteiger partial charge in [-0.05, 0) is 92.4 Å². The van der Waals surface area contributed by atoms with Crippen LogP contribution in [0.3, 0.4) is 0 Å². The van der Waals surface area contributed by atoms with Gasteiger partial charge >= 0.3 is 5.97 Å². The number of nitrogens with two attached hydrogens (primary N) is 3. The molecule has 32 heavy (non-hydrogen) atoms. The largest absolute Gasteiger partial charge is 0.464 e. The van der Waals surface area contributed by atoms with Crippen molar-refractivity contribution in [3.05, 3.63) is 68.5 Å². The van der Waals surface area contributed by atoms with E-state index < -0.39 is 5.97 Å². The molecule has 172 valence electrons. The van der Waals surface area contributed by atoms with E-state index in [1.807, 2.05) is 46.8 Å². The number of carbonyl (C=O) groups is 1. The molecule has 0 fully saturated rings. The third-order valence-corrected chi connectivity index (χ3v) is 5.09. The highest BCUT2D eigenvalue weighted by Crippen LogP contribution is 2.18. The molecule has 3 rings (SSSR count). The van der Waals surface area contributed by atoms with Gasteiger partial charge in [-0.15, -0.1) is 0 Å². The van der Waals surface area contributed by atoms with Crippen LogP contribution in [0.2, 0.25) is 0 Å². The van der Waals surface area contributed by atoms with E-state index in [0.717, 1.165) is 44.1 Å². The fraction of sp³-hybridized carbons (Fsp3) is 0.304. The van der Waals surface area contributed by atoms with Gasteiger partial charge in [0, 0.05) is 6.20 Å². The highest BCUT2D eigenvalue weighted by atomic mass is 79.9. The minimum Gasteiger partial charge on any atom is -0.464 e. The van der Waals surface area contributed by atoms with E-state index in [1.165, 1.54) is 7.11 Å². The molecule has 0 bridgehead atoms. The Morgan fingerprint density at radius 2 is 1.31 bits per heavy atom. The summed E-state index contributed by atoms with van der Waals surface area (Å²) < 4.78 is 5.39. The van der Waals surface area contributed by atoms with Crippen LogP contribution in [0.5, 0.6) is 0 Å². The topological polar surface area (TPSA) is 143 Å². The zero-order valence-corrected chi connectivity index (χ0v) is 21.2. The summed E-state index contributed by atoms with van der Waals surface area (Å²) in [5.74, 6) is -0.439. The van der Waals surface area contributed by atoms with E-state index in [4.69, 9.17) is 17.2 Å². The van der Waals surface area contributed by atoms with Crippen LogP contribution in [0.25, 0.3) is 0 Å². The number of aryl methyl sites for hydroxylation is 6. The number of halogens is 1. The van der Waals surface area contributed by atoms with E-state index >= 15 is 0 Å². The molecule has 3 aromatic heterocycles. The first-order valence-corrected chi connectivity index (χ1v) is 10.6. The Bertz CT molecular complexity index is 1040. The molecule has 0 aliphatic rings. The number of anilines is 3. The Morgan fingerprint density at radius 1 is 0.812 bits per heavy atom. The molecule has 9 heteroatoms. The first kappa shape index (κ1) is 26.8. The summed E-state index contributed by atoms with van der Waals surface area (Å²) in [5, 5.41) is 0. The van der Waals surface area contributed by atoms with Crippen molar-refractivity contribution < 1.29 is 9.53 Å². The van der Waals surface area contributed by atoms with Gasteiger partial charge in [0.25, 0.3) is 0 Å². The third kappa shape index (κ3) is 7.49. The van der Waals surface area contributed by atoms with Crippen LogP contribution in [-0.2, 0) is 4.74 Å². The lowest BCUT2D eigenvalue weighted by atomic mass is 10.2. The van der Waals surface area contributed by atoms with Crippen molar-refractivity contribution in [2.45, 2.75) is 41.5 Å². The molecule has 0 saturated carbocycles. The summed E-state index contributed by atoms with van der Waals surface area (Å²) in [7, 11) is 1.32. The normalized spacial score (nSPS) is 9.75. The maximum atomic E-state index is 11.1. The Kier molecular flexibility index (Phi) is 10.1. The highest BCUT2D eigenvalue weighted by molar-refractivity contribution is 9.10. The van der Waals surface area contributed by atoms with Crippen LogP contribution in [0, 0.1) is 41.5 Å². The summed E-state index contributed by atoms with van der Waals surface area (Å²) in [5.41, 5.74) is 24.9. The zero-order valence-electron chi connectivity index (χ0n) is 19.6. The molecule has 0 amide bonds. The molecule has 3 aromatic rings. The molecular formula is C23H31BrN6O2. The molecule has 0 atom stereocenters. The second-order valence-corrected chi connectivity index (χ2v) is 8.02. The van der Waals surface area contributed by atoms with Crippen LogP contribution in [-0.4, -0.2) is 28.0 Å². The summed E-state index contributed by atoms with van der Waals surface area (Å²) in [6.07, 6.45) is 1.76. The number of hydrogen-bond acceptors (Lipinski definition) is 8. The number of hydrogen-bond donors (Lipinski definition) is 3. The van der Waals surface area contributed by atoms with Crippen LogP contribution >= 0.6 is 15.9 Å². The van der Waals surface area contributed by atoms with Crippen LogP contribution in [0.1, 0.15) is 44.3 Å². The zero-order chi connectivity index (χ0) is 24.6. The Hall–Kier alpha value is -3.20. The number of pyridine rings is 3. The van der Waals surface area contributed by atoms with Gasteiger partial charge in [0.1, 0.15) is 10.3 Å². The molecule has 3 heterocycles. The second kappa shape index (κ2) is 12.0. The predicted octanol–water partition coefficient (Wildman–Crippen LogP) is 4.39. The SMILES string of the molecule is COC(=O)c1cc(C)c(N)c(C)n1.Cc1cc(Br)nc(C)c1N.Cc1ccnc(C)c1N. The number of aromatic nitrogens is 3. The Labute approximate surface area is 197 Å². The number of carbonyl (C=O) groups excluding carboxylic acids is 1. The lowest BCUT2D eigenvalue weighted by Crippen LogP contribution is -2.08. The molecule has 0 saturated heterocycles. The van der Waals surface area contributed by atoms with Crippen LogP contribution in [0.15, 0.2) is 29.0 Å². The molecule has 6 N–H and O–H groups in total. The summed E-state index contributed by atoms with van der Waals surface area (Å²) >= 11 is 3.28. The number of nitrogens with zero attached hydrogens (tertiary/aromatic N) is 3. The minimum absolute atomic E-state index is 0.298. The van der Waals surface area contributed by atoms with Crippen molar-refractivity contribution in [1.82, 2.24) is 15.0 Å². The fourth-order valence-corrected chi connectivity index (χ4v) is 3.16. The standard InChI is InChI=1S/C9H12N2O2.C7H9BrN2.C7H10N2/c1-5-4-7(9(12)13-3)11-6(2)8(5)10;1-4-3-6(8)10-5(2)7(4)9;1-5-3-4-9-6(2)7(5)8/h4H,10H2,1-3H3;3H,9H2,1-2H3;3-4H,8H2,1-2H3.